The molecule has 5 heteroatoms. The van der Waals surface area contributed by atoms with Crippen LogP contribution in [-0.4, -0.2) is 9.97 Å². The fourth-order valence-corrected chi connectivity index (χ4v) is 0.497. The van der Waals surface area contributed by atoms with E-state index in [0.29, 0.717) is 0 Å². The lowest BCUT2D eigenvalue weighted by molar-refractivity contribution is 0.579. The van der Waals surface area contributed by atoms with Crippen molar-refractivity contribution in [3.8, 4) is 0 Å². The first-order chi connectivity index (χ1) is 4.20. The molecule has 1 aromatic heterocycles. The minimum atomic E-state index is -0.850. The first kappa shape index (κ1) is 6.71. The number of hydrogen-bond donors (Lipinski definition) is 0. The van der Waals surface area contributed by atoms with Gasteiger partial charge in [0, 0.05) is 0 Å². The van der Waals surface area contributed by atoms with Crippen molar-refractivity contribution in [2.75, 3.05) is 0 Å². The number of halogens is 3. The summed E-state index contributed by atoms with van der Waals surface area (Å²) in [5.41, 5.74) is 0. The Balaban J connectivity index is 3.17. The highest BCUT2D eigenvalue weighted by Gasteiger charge is 2.01. The summed E-state index contributed by atoms with van der Waals surface area (Å²) in [5.74, 6) is -0.850. The van der Waals surface area contributed by atoms with Crippen LogP contribution < -0.4 is 0 Å². The molecule has 0 N–H and O–H groups in total. The zero-order valence-corrected chi connectivity index (χ0v) is 5.54. The van der Waals surface area contributed by atoms with Crippen LogP contribution in [0.1, 0.15) is 0 Å². The highest BCUT2D eigenvalue weighted by molar-refractivity contribution is 6.31. The van der Waals surface area contributed by atoms with Gasteiger partial charge in [0.2, 0.25) is 11.2 Å². The van der Waals surface area contributed by atoms with Gasteiger partial charge in [0.15, 0.2) is 0 Å². The van der Waals surface area contributed by atoms with Gasteiger partial charge in [-0.1, -0.05) is 11.6 Å². The SMILES string of the molecule is Fc1nc(Cl)n[c]c1Cl. The van der Waals surface area contributed by atoms with Crippen LogP contribution >= 0.6 is 23.2 Å². The molecule has 0 bridgehead atoms. The Morgan fingerprint density at radius 1 is 1.44 bits per heavy atom. The standard InChI is InChI=1S/C4Cl2FN2/c5-2-1-8-4(6)9-3(2)7. The second-order valence-corrected chi connectivity index (χ2v) is 1.93. The van der Waals surface area contributed by atoms with E-state index in [9.17, 15) is 4.39 Å². The van der Waals surface area contributed by atoms with Gasteiger partial charge in [0.05, 0.1) is 0 Å². The zero-order valence-electron chi connectivity index (χ0n) is 4.03. The summed E-state index contributed by atoms with van der Waals surface area (Å²) < 4.78 is 12.2. The Morgan fingerprint density at radius 3 is 2.56 bits per heavy atom. The Morgan fingerprint density at radius 2 is 2.11 bits per heavy atom. The van der Waals surface area contributed by atoms with Crippen LogP contribution in [0.4, 0.5) is 4.39 Å². The van der Waals surface area contributed by atoms with E-state index >= 15 is 0 Å². The van der Waals surface area contributed by atoms with Crippen molar-refractivity contribution >= 4 is 23.2 Å². The van der Waals surface area contributed by atoms with Crippen molar-refractivity contribution in [3.05, 3.63) is 22.5 Å². The lowest BCUT2D eigenvalue weighted by Crippen LogP contribution is -1.87. The third-order valence-electron chi connectivity index (χ3n) is 0.618. The maximum absolute atomic E-state index is 12.2. The van der Waals surface area contributed by atoms with E-state index in [-0.39, 0.29) is 10.3 Å². The normalized spacial score (nSPS) is 9.67. The summed E-state index contributed by atoms with van der Waals surface area (Å²) in [4.78, 5) is 6.39. The predicted molar refractivity (Wildman–Crippen MR) is 30.8 cm³/mol. The molecule has 1 radical (unpaired) electrons. The van der Waals surface area contributed by atoms with Crippen LogP contribution in [0.3, 0.4) is 0 Å². The van der Waals surface area contributed by atoms with Gasteiger partial charge in [0.1, 0.15) is 11.2 Å². The summed E-state index contributed by atoms with van der Waals surface area (Å²) in [7, 11) is 0. The summed E-state index contributed by atoms with van der Waals surface area (Å²) >= 11 is 10.3. The van der Waals surface area contributed by atoms with Gasteiger partial charge >= 0.3 is 0 Å². The van der Waals surface area contributed by atoms with Gasteiger partial charge in [-0.15, -0.1) is 0 Å². The minimum Gasteiger partial charge on any atom is -0.214 e. The molecular formula is C4Cl2FN2. The fourth-order valence-electron chi connectivity index (χ4n) is 0.296. The molecule has 0 aliphatic heterocycles. The van der Waals surface area contributed by atoms with Crippen LogP contribution in [0, 0.1) is 12.1 Å². The van der Waals surface area contributed by atoms with Crippen LogP contribution in [0.25, 0.3) is 0 Å². The van der Waals surface area contributed by atoms with Crippen LogP contribution in [0.2, 0.25) is 10.3 Å². The molecule has 1 aromatic rings. The van der Waals surface area contributed by atoms with Crippen molar-refractivity contribution in [1.29, 1.82) is 0 Å². The summed E-state index contributed by atoms with van der Waals surface area (Å²) in [6, 6.07) is 0. The molecule has 0 unspecified atom stereocenters. The Labute approximate surface area is 60.6 Å². The van der Waals surface area contributed by atoms with E-state index in [4.69, 9.17) is 23.2 Å². The van der Waals surface area contributed by atoms with E-state index < -0.39 is 5.95 Å². The van der Waals surface area contributed by atoms with Crippen LogP contribution in [0.15, 0.2) is 0 Å². The molecule has 1 heterocycles. The van der Waals surface area contributed by atoms with Gasteiger partial charge in [-0.3, -0.25) is 0 Å². The molecule has 2 nitrogen and oxygen atoms in total. The molecule has 47 valence electrons. The van der Waals surface area contributed by atoms with Gasteiger partial charge in [0.25, 0.3) is 0 Å². The summed E-state index contributed by atoms with van der Waals surface area (Å²) in [6.45, 7) is 0. The number of nitrogens with zero attached hydrogens (tertiary/aromatic N) is 2. The van der Waals surface area contributed by atoms with Gasteiger partial charge in [-0.2, -0.15) is 9.37 Å². The third kappa shape index (κ3) is 1.50. The Hall–Kier alpha value is -0.410. The average Bonchev–Trinajstić information content (AvgIpc) is 1.80. The maximum Gasteiger partial charge on any atom is 0.236 e. The van der Waals surface area contributed by atoms with E-state index in [1.165, 1.54) is 0 Å². The minimum absolute atomic E-state index is 0.197. The fraction of sp³-hybridized carbons (Fsp3) is 0. The topological polar surface area (TPSA) is 25.8 Å². The zero-order chi connectivity index (χ0) is 6.85. The quantitative estimate of drug-likeness (QED) is 0.433. The van der Waals surface area contributed by atoms with Crippen molar-refractivity contribution in [1.82, 2.24) is 9.97 Å². The second kappa shape index (κ2) is 2.45. The molecule has 1 rings (SSSR count). The van der Waals surface area contributed by atoms with Crippen molar-refractivity contribution < 1.29 is 4.39 Å². The van der Waals surface area contributed by atoms with Crippen molar-refractivity contribution in [3.63, 3.8) is 0 Å². The van der Waals surface area contributed by atoms with E-state index in [2.05, 4.69) is 16.2 Å². The Kier molecular flexibility index (Phi) is 1.83. The molecule has 0 saturated carbocycles. The molecule has 0 aromatic carbocycles. The van der Waals surface area contributed by atoms with E-state index in [0.717, 1.165) is 0 Å². The van der Waals surface area contributed by atoms with E-state index in [1.54, 1.807) is 0 Å². The highest BCUT2D eigenvalue weighted by Crippen LogP contribution is 2.10. The average molecular weight is 166 g/mol. The molecular weight excluding hydrogens is 166 g/mol. The smallest absolute Gasteiger partial charge is 0.214 e. The van der Waals surface area contributed by atoms with Crippen LogP contribution in [-0.2, 0) is 0 Å². The van der Waals surface area contributed by atoms with Crippen molar-refractivity contribution in [2.24, 2.45) is 0 Å². The lowest BCUT2D eigenvalue weighted by atomic mass is 10.7. The largest absolute Gasteiger partial charge is 0.236 e. The monoisotopic (exact) mass is 165 g/mol. The van der Waals surface area contributed by atoms with Crippen LogP contribution in [0.5, 0.6) is 0 Å². The number of rotatable bonds is 0. The molecule has 0 saturated heterocycles. The number of hydrogen-bond acceptors (Lipinski definition) is 2. The van der Waals surface area contributed by atoms with Crippen molar-refractivity contribution in [2.45, 2.75) is 0 Å². The molecule has 0 atom stereocenters. The highest BCUT2D eigenvalue weighted by atomic mass is 35.5. The molecule has 0 fully saturated rings. The second-order valence-electron chi connectivity index (χ2n) is 1.21. The maximum atomic E-state index is 12.2. The molecule has 9 heavy (non-hydrogen) atoms. The molecule has 0 aliphatic carbocycles. The number of aromatic nitrogens is 2. The van der Waals surface area contributed by atoms with Gasteiger partial charge in [-0.25, -0.2) is 4.98 Å². The third-order valence-corrected chi connectivity index (χ3v) is 1.03. The van der Waals surface area contributed by atoms with Gasteiger partial charge in [-0.05, 0) is 11.6 Å². The first-order valence-corrected chi connectivity index (χ1v) is 2.72. The lowest BCUT2D eigenvalue weighted by Gasteiger charge is -1.88. The molecule has 0 aliphatic rings. The predicted octanol–water partition coefficient (Wildman–Crippen LogP) is 1.72. The van der Waals surface area contributed by atoms with Gasteiger partial charge < -0.3 is 0 Å². The molecule has 0 spiro atoms. The summed E-state index contributed by atoms with van der Waals surface area (Å²) in [5, 5.41) is -0.448. The Bertz CT molecular complexity index is 228. The first-order valence-electron chi connectivity index (χ1n) is 1.96. The summed E-state index contributed by atoms with van der Waals surface area (Å²) in [6.07, 6.45) is 2.11. The molecule has 0 amide bonds. The van der Waals surface area contributed by atoms with E-state index in [1.807, 2.05) is 0 Å².